The third-order valence-electron chi connectivity index (χ3n) is 1.65. The van der Waals surface area contributed by atoms with Gasteiger partial charge in [0.05, 0.1) is 17.0 Å². The van der Waals surface area contributed by atoms with Gasteiger partial charge in [0.25, 0.3) is 0 Å². The topological polar surface area (TPSA) is 56.7 Å². The maximum absolute atomic E-state index is 5.78. The molecule has 4 nitrogen and oxygen atoms in total. The van der Waals surface area contributed by atoms with Gasteiger partial charge in [-0.1, -0.05) is 11.6 Å². The molecular weight excluding hydrogens is 188 g/mol. The minimum atomic E-state index is 0.433. The van der Waals surface area contributed by atoms with Gasteiger partial charge in [-0.15, -0.1) is 0 Å². The molecule has 0 atom stereocenters. The molecule has 0 aliphatic rings. The zero-order valence-electron chi connectivity index (χ0n) is 6.68. The highest BCUT2D eigenvalue weighted by Gasteiger charge is 2.02. The number of aromatic nitrogens is 3. The van der Waals surface area contributed by atoms with Crippen LogP contribution in [0.25, 0.3) is 5.69 Å². The first-order valence-electron chi connectivity index (χ1n) is 3.67. The van der Waals surface area contributed by atoms with Crippen molar-refractivity contribution < 1.29 is 0 Å². The zero-order valence-corrected chi connectivity index (χ0v) is 7.44. The minimum absolute atomic E-state index is 0.433. The standard InChI is InChI=1S/C8H7ClN4/c9-6-3-7(8(10)12-4-6)13-2-1-11-5-13/h1-5H,(H2,10,12). The van der Waals surface area contributed by atoms with E-state index >= 15 is 0 Å². The molecule has 66 valence electrons. The van der Waals surface area contributed by atoms with Crippen LogP contribution in [0.2, 0.25) is 5.02 Å². The van der Waals surface area contributed by atoms with Crippen LogP contribution in [0.5, 0.6) is 0 Å². The number of anilines is 1. The Morgan fingerprint density at radius 1 is 1.46 bits per heavy atom. The Bertz CT molecular complexity index is 410. The van der Waals surface area contributed by atoms with Gasteiger partial charge in [-0.25, -0.2) is 9.97 Å². The van der Waals surface area contributed by atoms with Gasteiger partial charge in [0.1, 0.15) is 5.82 Å². The SMILES string of the molecule is Nc1ncc(Cl)cc1-n1ccnc1. The van der Waals surface area contributed by atoms with Crippen LogP contribution in [0, 0.1) is 0 Å². The summed E-state index contributed by atoms with van der Waals surface area (Å²) in [6.45, 7) is 0. The Morgan fingerprint density at radius 2 is 2.31 bits per heavy atom. The second-order valence-corrected chi connectivity index (χ2v) is 2.96. The molecule has 13 heavy (non-hydrogen) atoms. The molecule has 0 amide bonds. The normalized spacial score (nSPS) is 10.2. The largest absolute Gasteiger partial charge is 0.382 e. The summed E-state index contributed by atoms with van der Waals surface area (Å²) in [5, 5.41) is 0.554. The van der Waals surface area contributed by atoms with Gasteiger partial charge in [-0.3, -0.25) is 0 Å². The Balaban J connectivity index is 2.57. The maximum atomic E-state index is 5.78. The van der Waals surface area contributed by atoms with Crippen LogP contribution in [0.4, 0.5) is 5.82 Å². The van der Waals surface area contributed by atoms with Crippen LogP contribution in [0.15, 0.2) is 31.0 Å². The predicted molar refractivity (Wildman–Crippen MR) is 50.8 cm³/mol. The predicted octanol–water partition coefficient (Wildman–Crippen LogP) is 1.50. The van der Waals surface area contributed by atoms with Crippen molar-refractivity contribution >= 4 is 17.4 Å². The van der Waals surface area contributed by atoms with Crippen LogP contribution >= 0.6 is 11.6 Å². The minimum Gasteiger partial charge on any atom is -0.382 e. The zero-order chi connectivity index (χ0) is 9.26. The summed E-state index contributed by atoms with van der Waals surface area (Å²) in [4.78, 5) is 7.84. The first-order chi connectivity index (χ1) is 6.27. The summed E-state index contributed by atoms with van der Waals surface area (Å²) in [7, 11) is 0. The van der Waals surface area contributed by atoms with Crippen molar-refractivity contribution in [2.75, 3.05) is 5.73 Å². The van der Waals surface area contributed by atoms with E-state index in [0.717, 1.165) is 5.69 Å². The lowest BCUT2D eigenvalue weighted by Crippen LogP contribution is -1.99. The number of imidazole rings is 1. The van der Waals surface area contributed by atoms with Crippen LogP contribution in [0.1, 0.15) is 0 Å². The second kappa shape index (κ2) is 3.06. The smallest absolute Gasteiger partial charge is 0.147 e. The molecule has 0 spiro atoms. The molecule has 2 aromatic heterocycles. The molecule has 0 unspecified atom stereocenters. The number of nitrogens with two attached hydrogens (primary N) is 1. The summed E-state index contributed by atoms with van der Waals surface area (Å²) in [5.74, 6) is 0.433. The fourth-order valence-electron chi connectivity index (χ4n) is 1.05. The average molecular weight is 195 g/mol. The summed E-state index contributed by atoms with van der Waals surface area (Å²) in [5.41, 5.74) is 6.40. The molecule has 5 heteroatoms. The first-order valence-corrected chi connectivity index (χ1v) is 4.04. The van der Waals surface area contributed by atoms with E-state index in [1.165, 1.54) is 6.20 Å². The fourth-order valence-corrected chi connectivity index (χ4v) is 1.20. The van der Waals surface area contributed by atoms with Gasteiger partial charge >= 0.3 is 0 Å². The highest BCUT2D eigenvalue weighted by atomic mass is 35.5. The molecule has 2 aromatic rings. The van der Waals surface area contributed by atoms with Crippen molar-refractivity contribution in [3.05, 3.63) is 36.0 Å². The maximum Gasteiger partial charge on any atom is 0.147 e. The third-order valence-corrected chi connectivity index (χ3v) is 1.85. The Morgan fingerprint density at radius 3 is 3.00 bits per heavy atom. The lowest BCUT2D eigenvalue weighted by Gasteiger charge is -2.04. The van der Waals surface area contributed by atoms with Crippen LogP contribution in [-0.2, 0) is 0 Å². The molecule has 0 bridgehead atoms. The summed E-state index contributed by atoms with van der Waals surface area (Å²) in [6.07, 6.45) is 6.60. The molecule has 0 radical (unpaired) electrons. The number of halogens is 1. The molecule has 2 heterocycles. The van der Waals surface area contributed by atoms with Crippen molar-refractivity contribution in [1.29, 1.82) is 0 Å². The van der Waals surface area contributed by atoms with Crippen molar-refractivity contribution in [3.63, 3.8) is 0 Å². The molecule has 0 aromatic carbocycles. The van der Waals surface area contributed by atoms with E-state index in [9.17, 15) is 0 Å². The lowest BCUT2D eigenvalue weighted by atomic mass is 10.4. The van der Waals surface area contributed by atoms with E-state index in [1.54, 1.807) is 29.4 Å². The number of rotatable bonds is 1. The number of nitrogens with zero attached hydrogens (tertiary/aromatic N) is 3. The van der Waals surface area contributed by atoms with Crippen LogP contribution in [0.3, 0.4) is 0 Å². The third kappa shape index (κ3) is 1.48. The van der Waals surface area contributed by atoms with Crippen LogP contribution in [-0.4, -0.2) is 14.5 Å². The average Bonchev–Trinajstić information content (AvgIpc) is 2.61. The summed E-state index contributed by atoms with van der Waals surface area (Å²) in [6, 6.07) is 1.74. The Labute approximate surface area is 80.0 Å². The van der Waals surface area contributed by atoms with E-state index in [4.69, 9.17) is 17.3 Å². The summed E-state index contributed by atoms with van der Waals surface area (Å²) < 4.78 is 1.76. The monoisotopic (exact) mass is 194 g/mol. The molecule has 0 aliphatic heterocycles. The molecule has 2 N–H and O–H groups in total. The van der Waals surface area contributed by atoms with E-state index < -0.39 is 0 Å². The van der Waals surface area contributed by atoms with Crippen molar-refractivity contribution in [2.45, 2.75) is 0 Å². The fraction of sp³-hybridized carbons (Fsp3) is 0. The highest BCUT2D eigenvalue weighted by molar-refractivity contribution is 6.30. The first kappa shape index (κ1) is 8.07. The molecular formula is C8H7ClN4. The van der Waals surface area contributed by atoms with Gasteiger partial charge in [0, 0.05) is 18.6 Å². The number of hydrogen-bond donors (Lipinski definition) is 1. The van der Waals surface area contributed by atoms with Crippen molar-refractivity contribution in [3.8, 4) is 5.69 Å². The van der Waals surface area contributed by atoms with E-state index in [2.05, 4.69) is 9.97 Å². The lowest BCUT2D eigenvalue weighted by molar-refractivity contribution is 1.04. The van der Waals surface area contributed by atoms with Gasteiger partial charge in [0.2, 0.25) is 0 Å². The molecule has 0 fully saturated rings. The highest BCUT2D eigenvalue weighted by Crippen LogP contribution is 2.18. The van der Waals surface area contributed by atoms with Gasteiger partial charge in [0.15, 0.2) is 0 Å². The van der Waals surface area contributed by atoms with E-state index in [0.29, 0.717) is 10.8 Å². The Hall–Kier alpha value is -1.55. The number of hydrogen-bond acceptors (Lipinski definition) is 3. The van der Waals surface area contributed by atoms with Crippen LogP contribution < -0.4 is 5.73 Å². The van der Waals surface area contributed by atoms with Crippen molar-refractivity contribution in [2.24, 2.45) is 0 Å². The molecule has 0 saturated heterocycles. The van der Waals surface area contributed by atoms with Gasteiger partial charge < -0.3 is 10.3 Å². The molecule has 2 rings (SSSR count). The quantitative estimate of drug-likeness (QED) is 0.749. The Kier molecular flexibility index (Phi) is 1.90. The van der Waals surface area contributed by atoms with Gasteiger partial charge in [-0.05, 0) is 6.07 Å². The summed E-state index contributed by atoms with van der Waals surface area (Å²) >= 11 is 5.78. The van der Waals surface area contributed by atoms with E-state index in [1.807, 2.05) is 0 Å². The molecule has 0 aliphatic carbocycles. The number of pyridine rings is 1. The number of nitrogen functional groups attached to an aromatic ring is 1. The second-order valence-electron chi connectivity index (χ2n) is 2.53. The van der Waals surface area contributed by atoms with Crippen molar-refractivity contribution in [1.82, 2.24) is 14.5 Å². The van der Waals surface area contributed by atoms with E-state index in [-0.39, 0.29) is 0 Å². The molecule has 0 saturated carbocycles. The van der Waals surface area contributed by atoms with Gasteiger partial charge in [-0.2, -0.15) is 0 Å².